The Hall–Kier alpha value is -2.92. The van der Waals surface area contributed by atoms with Gasteiger partial charge in [0.25, 0.3) is 5.91 Å². The number of carbonyl (C=O) groups is 2. The summed E-state index contributed by atoms with van der Waals surface area (Å²) in [4.78, 5) is 27.5. The number of aliphatic carboxylic acids is 1. The van der Waals surface area contributed by atoms with Crippen molar-refractivity contribution >= 4 is 11.9 Å². The van der Waals surface area contributed by atoms with Gasteiger partial charge in [-0.2, -0.15) is 13.2 Å². The van der Waals surface area contributed by atoms with Gasteiger partial charge in [-0.05, 0) is 36.6 Å². The van der Waals surface area contributed by atoms with Crippen molar-refractivity contribution in [1.29, 1.82) is 0 Å². The first kappa shape index (κ1) is 22.8. The van der Waals surface area contributed by atoms with Crippen LogP contribution in [0.3, 0.4) is 0 Å². The molecule has 8 nitrogen and oxygen atoms in total. The van der Waals surface area contributed by atoms with Gasteiger partial charge in [-0.25, -0.2) is 4.79 Å². The van der Waals surface area contributed by atoms with Crippen molar-refractivity contribution in [1.82, 2.24) is 9.88 Å². The Balaban J connectivity index is 0.000000339. The minimum absolute atomic E-state index is 0.0512. The van der Waals surface area contributed by atoms with Gasteiger partial charge in [0.15, 0.2) is 5.76 Å². The average molecular weight is 442 g/mol. The molecule has 3 atom stereocenters. The van der Waals surface area contributed by atoms with Crippen molar-refractivity contribution in [2.45, 2.75) is 43.9 Å². The van der Waals surface area contributed by atoms with E-state index in [0.29, 0.717) is 18.9 Å². The van der Waals surface area contributed by atoms with Gasteiger partial charge in [-0.15, -0.1) is 0 Å². The standard InChI is InChI=1S/C18H20N2O4.C2HF3O2/c21-18(15-6-3-8-22-15)20-11-16(17-14(20)5-2-9-23-17)24-12-13-4-1-7-19-10-13;3-2(4,5)1(6)7/h1,3-4,6-8,10,14,16-17H,2,5,9,11-12H2;(H,6,7)/t14-,16+,17-;/m0./s1. The number of pyridine rings is 1. The smallest absolute Gasteiger partial charge is 0.475 e. The van der Waals surface area contributed by atoms with Gasteiger partial charge in [0, 0.05) is 19.0 Å². The van der Waals surface area contributed by atoms with Crippen molar-refractivity contribution < 1.29 is 41.8 Å². The summed E-state index contributed by atoms with van der Waals surface area (Å²) < 4.78 is 49.0. The minimum atomic E-state index is -5.08. The highest BCUT2D eigenvalue weighted by molar-refractivity contribution is 5.92. The Morgan fingerprint density at radius 2 is 2.06 bits per heavy atom. The first-order valence-electron chi connectivity index (χ1n) is 9.54. The number of hydrogen-bond acceptors (Lipinski definition) is 6. The maximum Gasteiger partial charge on any atom is 0.490 e. The molecule has 31 heavy (non-hydrogen) atoms. The molecule has 0 aromatic carbocycles. The van der Waals surface area contributed by atoms with Crippen molar-refractivity contribution in [3.8, 4) is 0 Å². The van der Waals surface area contributed by atoms with Crippen LogP contribution in [0.1, 0.15) is 29.0 Å². The summed E-state index contributed by atoms with van der Waals surface area (Å²) in [7, 11) is 0. The molecule has 2 aromatic rings. The van der Waals surface area contributed by atoms with Crippen molar-refractivity contribution in [2.24, 2.45) is 0 Å². The third-order valence-corrected chi connectivity index (χ3v) is 4.90. The number of furan rings is 1. The SMILES string of the molecule is O=C(O)C(F)(F)F.O=C(c1ccco1)N1C[C@@H](OCc2cccnc2)[C@H]2OCCC[C@@H]21. The number of amides is 1. The quantitative estimate of drug-likeness (QED) is 0.777. The first-order valence-corrected chi connectivity index (χ1v) is 9.54. The summed E-state index contributed by atoms with van der Waals surface area (Å²) in [5.74, 6) is -2.48. The Morgan fingerprint density at radius 3 is 2.68 bits per heavy atom. The monoisotopic (exact) mass is 442 g/mol. The number of rotatable bonds is 4. The lowest BCUT2D eigenvalue weighted by Gasteiger charge is -2.31. The number of likely N-dealkylation sites (tertiary alicyclic amines) is 1. The fourth-order valence-corrected chi connectivity index (χ4v) is 3.52. The molecule has 2 fully saturated rings. The lowest BCUT2D eigenvalue weighted by atomic mass is 10.0. The minimum Gasteiger partial charge on any atom is -0.475 e. The summed E-state index contributed by atoms with van der Waals surface area (Å²) in [5, 5.41) is 7.12. The highest BCUT2D eigenvalue weighted by atomic mass is 19.4. The zero-order chi connectivity index (χ0) is 22.4. The number of carboxylic acid groups (broad SMARTS) is 1. The normalized spacial score (nSPS) is 22.9. The van der Waals surface area contributed by atoms with Gasteiger partial charge >= 0.3 is 12.1 Å². The van der Waals surface area contributed by atoms with Crippen LogP contribution in [0, 0.1) is 0 Å². The van der Waals surface area contributed by atoms with E-state index in [1.807, 2.05) is 17.0 Å². The maximum absolute atomic E-state index is 12.7. The summed E-state index contributed by atoms with van der Waals surface area (Å²) in [6, 6.07) is 7.35. The zero-order valence-electron chi connectivity index (χ0n) is 16.3. The number of carboxylic acids is 1. The molecule has 2 aliphatic heterocycles. The molecule has 1 N–H and O–H groups in total. The number of ether oxygens (including phenoxy) is 2. The highest BCUT2D eigenvalue weighted by Crippen LogP contribution is 2.32. The molecule has 0 saturated carbocycles. The molecular weight excluding hydrogens is 421 g/mol. The van der Waals surface area contributed by atoms with Gasteiger partial charge in [-0.3, -0.25) is 9.78 Å². The lowest BCUT2D eigenvalue weighted by Crippen LogP contribution is -2.43. The number of nitrogens with zero attached hydrogens (tertiary/aromatic N) is 2. The molecule has 4 rings (SSSR count). The summed E-state index contributed by atoms with van der Waals surface area (Å²) >= 11 is 0. The van der Waals surface area contributed by atoms with Gasteiger partial charge in [0.1, 0.15) is 12.2 Å². The van der Waals surface area contributed by atoms with E-state index in [0.717, 1.165) is 25.0 Å². The zero-order valence-corrected chi connectivity index (χ0v) is 16.3. The lowest BCUT2D eigenvalue weighted by molar-refractivity contribution is -0.192. The van der Waals surface area contributed by atoms with Gasteiger partial charge in [-0.1, -0.05) is 6.07 Å². The predicted molar refractivity (Wildman–Crippen MR) is 99.0 cm³/mol. The van der Waals surface area contributed by atoms with E-state index in [2.05, 4.69) is 4.98 Å². The molecule has 0 bridgehead atoms. The van der Waals surface area contributed by atoms with E-state index in [1.54, 1.807) is 24.5 Å². The molecule has 168 valence electrons. The van der Waals surface area contributed by atoms with Crippen molar-refractivity contribution in [2.75, 3.05) is 13.2 Å². The van der Waals surface area contributed by atoms with Gasteiger partial charge in [0.05, 0.1) is 25.5 Å². The van der Waals surface area contributed by atoms with Crippen LogP contribution in [-0.2, 0) is 20.9 Å². The van der Waals surface area contributed by atoms with Gasteiger partial charge < -0.3 is 23.9 Å². The number of hydrogen-bond donors (Lipinski definition) is 1. The molecule has 4 heterocycles. The molecule has 0 spiro atoms. The molecule has 0 unspecified atom stereocenters. The van der Waals surface area contributed by atoms with Crippen LogP contribution in [0.15, 0.2) is 47.3 Å². The molecule has 2 aliphatic rings. The van der Waals surface area contributed by atoms with Crippen LogP contribution in [0.2, 0.25) is 0 Å². The number of aromatic nitrogens is 1. The predicted octanol–water partition coefficient (Wildman–Crippen LogP) is 2.90. The fraction of sp³-hybridized carbons (Fsp3) is 0.450. The maximum atomic E-state index is 12.7. The molecule has 2 aromatic heterocycles. The first-order chi connectivity index (χ1) is 14.8. The molecular formula is C20H21F3N2O6. The Bertz CT molecular complexity index is 860. The number of fused-ring (bicyclic) bond motifs is 1. The summed E-state index contributed by atoms with van der Waals surface area (Å²) in [6.07, 6.45) is 1.66. The molecule has 0 radical (unpaired) electrons. The van der Waals surface area contributed by atoms with E-state index in [9.17, 15) is 18.0 Å². The van der Waals surface area contributed by atoms with E-state index in [4.69, 9.17) is 23.8 Å². The second-order valence-electron chi connectivity index (χ2n) is 6.99. The van der Waals surface area contributed by atoms with Crippen LogP contribution in [0.25, 0.3) is 0 Å². The van der Waals surface area contributed by atoms with Gasteiger partial charge in [0.2, 0.25) is 0 Å². The Kier molecular flexibility index (Phi) is 7.29. The Labute approximate surface area is 175 Å². The highest BCUT2D eigenvalue weighted by Gasteiger charge is 2.47. The fourth-order valence-electron chi connectivity index (χ4n) is 3.52. The second-order valence-corrected chi connectivity index (χ2v) is 6.99. The Morgan fingerprint density at radius 1 is 1.29 bits per heavy atom. The molecule has 0 aliphatic carbocycles. The number of carbonyl (C=O) groups excluding carboxylic acids is 1. The van der Waals surface area contributed by atoms with Crippen LogP contribution in [-0.4, -0.2) is 64.4 Å². The van der Waals surface area contributed by atoms with Crippen molar-refractivity contribution in [3.63, 3.8) is 0 Å². The molecule has 11 heteroatoms. The largest absolute Gasteiger partial charge is 0.490 e. The third-order valence-electron chi connectivity index (χ3n) is 4.90. The van der Waals surface area contributed by atoms with Crippen LogP contribution < -0.4 is 0 Å². The van der Waals surface area contributed by atoms with E-state index >= 15 is 0 Å². The van der Waals surface area contributed by atoms with E-state index in [1.165, 1.54) is 6.26 Å². The van der Waals surface area contributed by atoms with Crippen molar-refractivity contribution in [3.05, 3.63) is 54.2 Å². The summed E-state index contributed by atoms with van der Waals surface area (Å²) in [5.41, 5.74) is 1.01. The topological polar surface area (TPSA) is 102 Å². The van der Waals surface area contributed by atoms with Crippen LogP contribution in [0.4, 0.5) is 13.2 Å². The third kappa shape index (κ3) is 5.82. The van der Waals surface area contributed by atoms with Crippen LogP contribution in [0.5, 0.6) is 0 Å². The summed E-state index contributed by atoms with van der Waals surface area (Å²) in [6.45, 7) is 1.71. The average Bonchev–Trinajstić information content (AvgIpc) is 3.41. The molecule has 2 saturated heterocycles. The van der Waals surface area contributed by atoms with Crippen LogP contribution >= 0.6 is 0 Å². The number of halogens is 3. The van der Waals surface area contributed by atoms with E-state index in [-0.39, 0.29) is 24.2 Å². The second kappa shape index (κ2) is 9.92. The van der Waals surface area contributed by atoms with E-state index < -0.39 is 12.1 Å². The molecule has 1 amide bonds. The number of alkyl halides is 3.